The van der Waals surface area contributed by atoms with E-state index in [1.807, 2.05) is 0 Å². The fourth-order valence-electron chi connectivity index (χ4n) is 2.65. The molecular formula is C20H15ClN2O4S2. The molecule has 1 saturated heterocycles. The van der Waals surface area contributed by atoms with Crippen LogP contribution in [0.1, 0.15) is 5.56 Å². The molecule has 29 heavy (non-hydrogen) atoms. The monoisotopic (exact) mass is 446 g/mol. The third-order valence-electron chi connectivity index (χ3n) is 4.12. The molecule has 1 N–H and O–H groups in total. The highest BCUT2D eigenvalue weighted by Crippen LogP contribution is 2.23. The van der Waals surface area contributed by atoms with E-state index in [1.165, 1.54) is 65.6 Å². The van der Waals surface area contributed by atoms with Crippen molar-refractivity contribution in [2.24, 2.45) is 0 Å². The number of sulfone groups is 1. The van der Waals surface area contributed by atoms with Crippen molar-refractivity contribution in [1.82, 2.24) is 10.2 Å². The second-order valence-corrected chi connectivity index (χ2v) is 8.82. The molecule has 9 heteroatoms. The Morgan fingerprint density at radius 1 is 1.03 bits per heavy atom. The van der Waals surface area contributed by atoms with E-state index >= 15 is 0 Å². The zero-order valence-electron chi connectivity index (χ0n) is 15.0. The number of carbonyl (C=O) groups is 2. The summed E-state index contributed by atoms with van der Waals surface area (Å²) < 4.78 is 25.4. The van der Waals surface area contributed by atoms with Crippen molar-refractivity contribution in [3.63, 3.8) is 0 Å². The molecule has 148 valence electrons. The van der Waals surface area contributed by atoms with Gasteiger partial charge in [0.25, 0.3) is 11.8 Å². The average Bonchev–Trinajstić information content (AvgIpc) is 2.69. The van der Waals surface area contributed by atoms with E-state index in [2.05, 4.69) is 11.9 Å². The number of carbonyl (C=O) groups excluding carboxylic acids is 2. The maximum atomic E-state index is 12.7. The Bertz CT molecular complexity index is 1140. The summed E-state index contributed by atoms with van der Waals surface area (Å²) in [5.74, 6) is -1.16. The molecule has 0 atom stereocenters. The van der Waals surface area contributed by atoms with Crippen LogP contribution in [-0.4, -0.2) is 36.8 Å². The van der Waals surface area contributed by atoms with Gasteiger partial charge in [-0.1, -0.05) is 29.8 Å². The van der Waals surface area contributed by atoms with Gasteiger partial charge >= 0.3 is 0 Å². The van der Waals surface area contributed by atoms with E-state index < -0.39 is 21.7 Å². The summed E-state index contributed by atoms with van der Waals surface area (Å²) >= 11 is 10.8. The molecule has 1 aliphatic rings. The highest BCUT2D eigenvalue weighted by atomic mass is 35.5. The lowest BCUT2D eigenvalue weighted by atomic mass is 10.1. The molecule has 2 aromatic carbocycles. The van der Waals surface area contributed by atoms with Crippen molar-refractivity contribution in [1.29, 1.82) is 0 Å². The number of benzene rings is 2. The number of amides is 2. The minimum Gasteiger partial charge on any atom is -0.298 e. The van der Waals surface area contributed by atoms with Gasteiger partial charge in [0.15, 0.2) is 5.11 Å². The fraction of sp³-hybridized carbons (Fsp3) is 0.0500. The first kappa shape index (κ1) is 20.9. The lowest BCUT2D eigenvalue weighted by Crippen LogP contribution is -2.53. The topological polar surface area (TPSA) is 83.6 Å². The van der Waals surface area contributed by atoms with Gasteiger partial charge in [0, 0.05) is 11.6 Å². The number of thiocarbonyl (C=S) groups is 1. The maximum absolute atomic E-state index is 12.7. The molecule has 3 rings (SSSR count). The zero-order valence-corrected chi connectivity index (χ0v) is 17.4. The van der Waals surface area contributed by atoms with Crippen LogP contribution in [-0.2, 0) is 19.4 Å². The van der Waals surface area contributed by atoms with Gasteiger partial charge in [-0.15, -0.1) is 6.58 Å². The molecule has 0 aromatic heterocycles. The van der Waals surface area contributed by atoms with Crippen LogP contribution in [0.25, 0.3) is 6.08 Å². The van der Waals surface area contributed by atoms with Crippen molar-refractivity contribution in [2.75, 3.05) is 6.54 Å². The third kappa shape index (κ3) is 4.29. The Morgan fingerprint density at radius 3 is 2.14 bits per heavy atom. The minimum atomic E-state index is -3.71. The van der Waals surface area contributed by atoms with Crippen LogP contribution < -0.4 is 5.32 Å². The number of rotatable bonds is 5. The van der Waals surface area contributed by atoms with Crippen LogP contribution in [0, 0.1) is 0 Å². The Labute approximate surface area is 178 Å². The molecule has 2 amide bonds. The molecule has 0 bridgehead atoms. The molecule has 0 unspecified atom stereocenters. The molecule has 0 aliphatic carbocycles. The van der Waals surface area contributed by atoms with E-state index in [9.17, 15) is 18.0 Å². The highest BCUT2D eigenvalue weighted by molar-refractivity contribution is 7.91. The predicted molar refractivity (Wildman–Crippen MR) is 114 cm³/mol. The number of hydrogen-bond donors (Lipinski definition) is 1. The van der Waals surface area contributed by atoms with Crippen molar-refractivity contribution in [3.8, 4) is 0 Å². The van der Waals surface area contributed by atoms with E-state index in [0.717, 1.165) is 0 Å². The molecule has 1 aliphatic heterocycles. The average molecular weight is 447 g/mol. The van der Waals surface area contributed by atoms with Gasteiger partial charge < -0.3 is 0 Å². The van der Waals surface area contributed by atoms with E-state index in [0.29, 0.717) is 10.6 Å². The first-order valence-electron chi connectivity index (χ1n) is 8.34. The Balaban J connectivity index is 1.91. The molecule has 0 radical (unpaired) electrons. The third-order valence-corrected chi connectivity index (χ3v) is 6.48. The summed E-state index contributed by atoms with van der Waals surface area (Å²) in [6.07, 6.45) is 2.88. The summed E-state index contributed by atoms with van der Waals surface area (Å²) in [5.41, 5.74) is 0.388. The Kier molecular flexibility index (Phi) is 5.97. The molecular weight excluding hydrogens is 432 g/mol. The summed E-state index contributed by atoms with van der Waals surface area (Å²) in [6.45, 7) is 3.72. The normalized spacial score (nSPS) is 16.1. The number of nitrogens with zero attached hydrogens (tertiary/aromatic N) is 1. The van der Waals surface area contributed by atoms with Crippen molar-refractivity contribution in [2.45, 2.75) is 9.79 Å². The first-order valence-corrected chi connectivity index (χ1v) is 10.6. The molecule has 2 aromatic rings. The van der Waals surface area contributed by atoms with Gasteiger partial charge in [-0.3, -0.25) is 19.8 Å². The van der Waals surface area contributed by atoms with Gasteiger partial charge in [0.2, 0.25) is 9.84 Å². The van der Waals surface area contributed by atoms with Crippen LogP contribution >= 0.6 is 23.8 Å². The minimum absolute atomic E-state index is 0.0152. The number of halogens is 1. The summed E-state index contributed by atoms with van der Waals surface area (Å²) in [5, 5.41) is 2.90. The fourth-order valence-corrected chi connectivity index (χ4v) is 4.29. The van der Waals surface area contributed by atoms with Gasteiger partial charge in [0.1, 0.15) is 5.57 Å². The summed E-state index contributed by atoms with van der Waals surface area (Å²) in [7, 11) is -3.71. The van der Waals surface area contributed by atoms with E-state index in [4.69, 9.17) is 23.8 Å². The Hall–Kier alpha value is -2.81. The quantitative estimate of drug-likeness (QED) is 0.330. The van der Waals surface area contributed by atoms with E-state index in [-0.39, 0.29) is 27.0 Å². The van der Waals surface area contributed by atoms with Gasteiger partial charge in [-0.2, -0.15) is 0 Å². The SMILES string of the molecule is C=CCN1C(=O)C(=Cc2ccc(S(=O)(=O)c3ccc(Cl)cc3)cc2)C(=O)NC1=S. The highest BCUT2D eigenvalue weighted by Gasteiger charge is 2.32. The van der Waals surface area contributed by atoms with Crippen LogP contribution in [0.4, 0.5) is 0 Å². The zero-order chi connectivity index (χ0) is 21.2. The smallest absolute Gasteiger partial charge is 0.265 e. The van der Waals surface area contributed by atoms with Gasteiger partial charge in [-0.05, 0) is 60.3 Å². The Morgan fingerprint density at radius 2 is 1.59 bits per heavy atom. The van der Waals surface area contributed by atoms with Crippen molar-refractivity contribution in [3.05, 3.63) is 77.3 Å². The molecule has 1 fully saturated rings. The standard InChI is InChI=1S/C20H15ClN2O4S2/c1-2-11-23-19(25)17(18(24)22-20(23)28)12-13-3-7-15(8-4-13)29(26,27)16-9-5-14(21)6-10-16/h2-10,12H,1,11H2,(H,22,24,28). The maximum Gasteiger partial charge on any atom is 0.265 e. The lowest BCUT2D eigenvalue weighted by Gasteiger charge is -2.27. The van der Waals surface area contributed by atoms with E-state index in [1.54, 1.807) is 0 Å². The predicted octanol–water partition coefficient (Wildman–Crippen LogP) is 2.99. The van der Waals surface area contributed by atoms with Gasteiger partial charge in [-0.25, -0.2) is 8.42 Å². The first-order chi connectivity index (χ1) is 13.7. The number of hydrogen-bond acceptors (Lipinski definition) is 5. The van der Waals surface area contributed by atoms with Crippen molar-refractivity contribution < 1.29 is 18.0 Å². The molecule has 6 nitrogen and oxygen atoms in total. The summed E-state index contributed by atoms with van der Waals surface area (Å²) in [4.78, 5) is 26.1. The van der Waals surface area contributed by atoms with Crippen LogP contribution in [0.3, 0.4) is 0 Å². The lowest BCUT2D eigenvalue weighted by molar-refractivity contribution is -0.128. The largest absolute Gasteiger partial charge is 0.298 e. The van der Waals surface area contributed by atoms with Gasteiger partial charge in [0.05, 0.1) is 9.79 Å². The molecule has 0 saturated carbocycles. The van der Waals surface area contributed by atoms with Crippen molar-refractivity contribution >= 4 is 56.7 Å². The molecule has 0 spiro atoms. The van der Waals surface area contributed by atoms with Crippen LogP contribution in [0.15, 0.2) is 76.5 Å². The number of nitrogens with one attached hydrogen (secondary N) is 1. The van der Waals surface area contributed by atoms with Crippen LogP contribution in [0.2, 0.25) is 5.02 Å². The van der Waals surface area contributed by atoms with Crippen LogP contribution in [0.5, 0.6) is 0 Å². The summed E-state index contributed by atoms with van der Waals surface area (Å²) in [6, 6.07) is 11.7. The second kappa shape index (κ2) is 8.28. The second-order valence-electron chi connectivity index (χ2n) is 6.05. The molecule has 1 heterocycles.